The van der Waals surface area contributed by atoms with E-state index in [2.05, 4.69) is 15.3 Å². The van der Waals surface area contributed by atoms with E-state index in [0.29, 0.717) is 11.5 Å². The van der Waals surface area contributed by atoms with Crippen LogP contribution in [-0.4, -0.2) is 42.5 Å². The zero-order chi connectivity index (χ0) is 22.9. The zero-order valence-corrected chi connectivity index (χ0v) is 17.6. The number of anilines is 1. The maximum atomic E-state index is 14.0. The molecular formula is C21H24F2N4O4. The highest BCUT2D eigenvalue weighted by Gasteiger charge is 2.23. The van der Waals surface area contributed by atoms with Crippen molar-refractivity contribution < 1.29 is 23.7 Å². The monoisotopic (exact) mass is 434 g/mol. The quantitative estimate of drug-likeness (QED) is 0.525. The lowest BCUT2D eigenvalue weighted by molar-refractivity contribution is 0.0646. The standard InChI is InChI=1S/C21H24F2N4O4/c1-11(28)10-27-18-13(9-24-20(26-18)25-12(2)21(3,4)30)7-17(19(27)29)31-16-6-5-14(22)8-15(16)23/h5-9,11-12,28,30H,10H2,1-4H3,(H,24,25,26)/t11-,12+/m1/s1. The van der Waals surface area contributed by atoms with Crippen LogP contribution in [0, 0.1) is 11.6 Å². The number of ether oxygens (including phenoxy) is 1. The predicted molar refractivity (Wildman–Crippen MR) is 111 cm³/mol. The highest BCUT2D eigenvalue weighted by atomic mass is 19.1. The van der Waals surface area contributed by atoms with Gasteiger partial charge >= 0.3 is 0 Å². The molecule has 2 atom stereocenters. The van der Waals surface area contributed by atoms with Gasteiger partial charge in [0.1, 0.15) is 11.5 Å². The number of rotatable bonds is 7. The molecule has 3 aromatic rings. The van der Waals surface area contributed by atoms with Crippen molar-refractivity contribution in [3.8, 4) is 11.5 Å². The van der Waals surface area contributed by atoms with Crippen molar-refractivity contribution in [2.24, 2.45) is 0 Å². The summed E-state index contributed by atoms with van der Waals surface area (Å²) in [7, 11) is 0. The Morgan fingerprint density at radius 1 is 1.23 bits per heavy atom. The summed E-state index contributed by atoms with van der Waals surface area (Å²) in [6.45, 7) is 6.42. The van der Waals surface area contributed by atoms with Gasteiger partial charge in [0.2, 0.25) is 5.95 Å². The molecule has 0 aliphatic carbocycles. The molecule has 0 bridgehead atoms. The maximum Gasteiger partial charge on any atom is 0.295 e. The Morgan fingerprint density at radius 3 is 2.55 bits per heavy atom. The topological polar surface area (TPSA) is 110 Å². The van der Waals surface area contributed by atoms with Crippen LogP contribution < -0.4 is 15.6 Å². The third-order valence-electron chi connectivity index (χ3n) is 4.76. The van der Waals surface area contributed by atoms with Crippen LogP contribution in [-0.2, 0) is 6.54 Å². The van der Waals surface area contributed by atoms with Gasteiger partial charge in [0.25, 0.3) is 5.56 Å². The van der Waals surface area contributed by atoms with Crippen LogP contribution in [0.5, 0.6) is 11.5 Å². The molecule has 1 aromatic carbocycles. The molecule has 0 unspecified atom stereocenters. The second-order valence-electron chi connectivity index (χ2n) is 7.94. The molecule has 0 aliphatic heterocycles. The summed E-state index contributed by atoms with van der Waals surface area (Å²) in [5, 5.41) is 23.4. The maximum absolute atomic E-state index is 14.0. The van der Waals surface area contributed by atoms with Crippen molar-refractivity contribution in [2.45, 2.75) is 52.0 Å². The molecule has 8 nitrogen and oxygen atoms in total. The van der Waals surface area contributed by atoms with Crippen LogP contribution in [0.1, 0.15) is 27.7 Å². The predicted octanol–water partition coefficient (Wildman–Crippen LogP) is 2.81. The van der Waals surface area contributed by atoms with E-state index in [9.17, 15) is 23.8 Å². The largest absolute Gasteiger partial charge is 0.448 e. The van der Waals surface area contributed by atoms with E-state index in [1.807, 2.05) is 0 Å². The Hall–Kier alpha value is -3.11. The lowest BCUT2D eigenvalue weighted by Gasteiger charge is -2.26. The minimum atomic E-state index is -1.05. The van der Waals surface area contributed by atoms with Crippen molar-refractivity contribution in [1.29, 1.82) is 0 Å². The highest BCUT2D eigenvalue weighted by Crippen LogP contribution is 2.25. The van der Waals surface area contributed by atoms with Gasteiger partial charge in [-0.25, -0.2) is 13.8 Å². The van der Waals surface area contributed by atoms with E-state index in [1.54, 1.807) is 20.8 Å². The second kappa shape index (κ2) is 8.56. The molecule has 2 heterocycles. The van der Waals surface area contributed by atoms with Crippen molar-refractivity contribution >= 4 is 17.0 Å². The summed E-state index contributed by atoms with van der Waals surface area (Å²) in [5.41, 5.74) is -1.48. The number of hydrogen-bond acceptors (Lipinski definition) is 7. The van der Waals surface area contributed by atoms with E-state index < -0.39 is 34.9 Å². The number of aliphatic hydroxyl groups is 2. The fourth-order valence-electron chi connectivity index (χ4n) is 2.76. The number of benzene rings is 1. The van der Waals surface area contributed by atoms with Gasteiger partial charge in [-0.1, -0.05) is 0 Å². The molecule has 0 aliphatic rings. The van der Waals surface area contributed by atoms with Gasteiger partial charge in [-0.2, -0.15) is 4.98 Å². The van der Waals surface area contributed by atoms with Crippen LogP contribution in [0.2, 0.25) is 0 Å². The Labute approximate surface area is 177 Å². The summed E-state index contributed by atoms with van der Waals surface area (Å²) in [6, 6.07) is 3.69. The molecule has 10 heteroatoms. The van der Waals surface area contributed by atoms with E-state index >= 15 is 0 Å². The van der Waals surface area contributed by atoms with Gasteiger partial charge in [-0.3, -0.25) is 9.36 Å². The first-order valence-corrected chi connectivity index (χ1v) is 9.66. The fourth-order valence-corrected chi connectivity index (χ4v) is 2.76. The number of pyridine rings is 1. The van der Waals surface area contributed by atoms with Gasteiger partial charge in [-0.05, 0) is 45.9 Å². The highest BCUT2D eigenvalue weighted by molar-refractivity contribution is 5.77. The number of hydrogen-bond donors (Lipinski definition) is 3. The van der Waals surface area contributed by atoms with Gasteiger partial charge in [0, 0.05) is 17.6 Å². The van der Waals surface area contributed by atoms with Gasteiger partial charge in [0.05, 0.1) is 24.3 Å². The van der Waals surface area contributed by atoms with E-state index in [4.69, 9.17) is 4.74 Å². The van der Waals surface area contributed by atoms with Crippen LogP contribution in [0.25, 0.3) is 11.0 Å². The summed E-state index contributed by atoms with van der Waals surface area (Å²) >= 11 is 0. The first-order valence-electron chi connectivity index (χ1n) is 9.66. The van der Waals surface area contributed by atoms with E-state index in [1.165, 1.54) is 23.8 Å². The number of nitrogens with one attached hydrogen (secondary N) is 1. The Kier molecular flexibility index (Phi) is 6.23. The second-order valence-corrected chi connectivity index (χ2v) is 7.94. The Morgan fingerprint density at radius 2 is 1.94 bits per heavy atom. The van der Waals surface area contributed by atoms with E-state index in [-0.39, 0.29) is 29.6 Å². The third kappa shape index (κ3) is 5.15. The van der Waals surface area contributed by atoms with Gasteiger partial charge < -0.3 is 20.3 Å². The molecule has 166 valence electrons. The smallest absolute Gasteiger partial charge is 0.295 e. The molecule has 0 saturated carbocycles. The number of fused-ring (bicyclic) bond motifs is 1. The Bertz CT molecular complexity index is 1160. The summed E-state index contributed by atoms with van der Waals surface area (Å²) in [6.07, 6.45) is 0.550. The number of aromatic nitrogens is 3. The minimum absolute atomic E-state index is 0.101. The van der Waals surface area contributed by atoms with Gasteiger partial charge in [-0.15, -0.1) is 0 Å². The lowest BCUT2D eigenvalue weighted by Crippen LogP contribution is -2.39. The molecule has 31 heavy (non-hydrogen) atoms. The summed E-state index contributed by atoms with van der Waals surface area (Å²) in [5.74, 6) is -2.10. The summed E-state index contributed by atoms with van der Waals surface area (Å²) in [4.78, 5) is 21.6. The van der Waals surface area contributed by atoms with E-state index in [0.717, 1.165) is 12.1 Å². The molecule has 3 rings (SSSR count). The van der Waals surface area contributed by atoms with Crippen molar-refractivity contribution in [1.82, 2.24) is 14.5 Å². The third-order valence-corrected chi connectivity index (χ3v) is 4.76. The molecule has 0 radical (unpaired) electrons. The minimum Gasteiger partial charge on any atom is -0.448 e. The molecular weight excluding hydrogens is 410 g/mol. The average Bonchev–Trinajstić information content (AvgIpc) is 2.66. The molecule has 0 saturated heterocycles. The SMILES string of the molecule is C[C@H](Nc1ncc2cc(Oc3ccc(F)cc3F)c(=O)n(C[C@@H](C)O)c2n1)C(C)(C)O. The van der Waals surface area contributed by atoms with Crippen LogP contribution in [0.4, 0.5) is 14.7 Å². The Balaban J connectivity index is 2.09. The van der Waals surface area contributed by atoms with Crippen LogP contribution in [0.15, 0.2) is 35.3 Å². The first-order chi connectivity index (χ1) is 14.5. The van der Waals surface area contributed by atoms with Crippen LogP contribution in [0.3, 0.4) is 0 Å². The summed E-state index contributed by atoms with van der Waals surface area (Å²) < 4.78 is 33.7. The normalized spacial score (nSPS) is 13.8. The first kappa shape index (κ1) is 22.6. The number of nitrogens with zero attached hydrogens (tertiary/aromatic N) is 3. The molecule has 0 amide bonds. The average molecular weight is 434 g/mol. The molecule has 0 spiro atoms. The van der Waals surface area contributed by atoms with Crippen molar-refractivity contribution in [2.75, 3.05) is 5.32 Å². The van der Waals surface area contributed by atoms with Crippen molar-refractivity contribution in [3.63, 3.8) is 0 Å². The molecule has 2 aromatic heterocycles. The lowest BCUT2D eigenvalue weighted by atomic mass is 10.0. The van der Waals surface area contributed by atoms with Gasteiger partial charge in [0.15, 0.2) is 17.3 Å². The number of aliphatic hydroxyl groups excluding tert-OH is 1. The molecule has 0 fully saturated rings. The molecule has 3 N–H and O–H groups in total. The fraction of sp³-hybridized carbons (Fsp3) is 0.381. The number of halogens is 2. The van der Waals surface area contributed by atoms with Crippen molar-refractivity contribution in [3.05, 3.63) is 52.5 Å². The zero-order valence-electron chi connectivity index (χ0n) is 17.6. The van der Waals surface area contributed by atoms with Crippen LogP contribution >= 0.6 is 0 Å².